The second kappa shape index (κ2) is 6.81. The van der Waals surface area contributed by atoms with Crippen molar-refractivity contribution in [3.8, 4) is 0 Å². The van der Waals surface area contributed by atoms with E-state index in [0.29, 0.717) is 16.3 Å². The smallest absolute Gasteiger partial charge is 0.230 e. The van der Waals surface area contributed by atoms with Gasteiger partial charge < -0.3 is 4.90 Å². The molecule has 0 aliphatic rings. The largest absolute Gasteiger partial charge is 0.341 e. The van der Waals surface area contributed by atoms with Crippen LogP contribution in [0.5, 0.6) is 0 Å². The number of aryl methyl sites for hydroxylation is 1. The molecule has 0 radical (unpaired) electrons. The Morgan fingerprint density at radius 2 is 1.85 bits per heavy atom. The Kier molecular flexibility index (Phi) is 5.08. The minimum Gasteiger partial charge on any atom is -0.341 e. The van der Waals surface area contributed by atoms with E-state index in [1.807, 2.05) is 31.7 Å². The number of rotatable bonds is 5. The van der Waals surface area contributed by atoms with Gasteiger partial charge in [0, 0.05) is 25.0 Å². The van der Waals surface area contributed by atoms with Gasteiger partial charge in [-0.2, -0.15) is 15.0 Å². The predicted molar refractivity (Wildman–Crippen MR) is 79.3 cm³/mol. The van der Waals surface area contributed by atoms with Gasteiger partial charge >= 0.3 is 0 Å². The molecule has 8 heteroatoms. The molecule has 0 aliphatic heterocycles. The van der Waals surface area contributed by atoms with Crippen molar-refractivity contribution in [1.29, 1.82) is 0 Å². The zero-order valence-electron chi connectivity index (χ0n) is 11.5. The average Bonchev–Trinajstić information content (AvgIpc) is 2.39. The lowest BCUT2D eigenvalue weighted by atomic mass is 10.5. The van der Waals surface area contributed by atoms with Gasteiger partial charge in [0.15, 0.2) is 5.16 Å². The molecular weight excluding hydrogens is 296 g/mol. The lowest BCUT2D eigenvalue weighted by Gasteiger charge is -2.18. The second-order valence-corrected chi connectivity index (χ2v) is 5.21. The molecule has 6 nitrogen and oxygen atoms in total. The molecule has 2 heterocycles. The normalized spacial score (nSPS) is 10.6. The highest BCUT2D eigenvalue weighted by Gasteiger charge is 2.12. The van der Waals surface area contributed by atoms with Gasteiger partial charge in [0.2, 0.25) is 16.4 Å². The van der Waals surface area contributed by atoms with E-state index in [-0.39, 0.29) is 5.28 Å². The summed E-state index contributed by atoms with van der Waals surface area (Å²) in [6, 6.07) is 1.84. The van der Waals surface area contributed by atoms with Gasteiger partial charge in [0.1, 0.15) is 0 Å². The van der Waals surface area contributed by atoms with Gasteiger partial charge in [0.05, 0.1) is 0 Å². The van der Waals surface area contributed by atoms with Crippen LogP contribution in [0.1, 0.15) is 19.5 Å². The first-order valence-corrected chi connectivity index (χ1v) is 7.45. The van der Waals surface area contributed by atoms with Crippen molar-refractivity contribution >= 4 is 29.3 Å². The molecule has 2 rings (SSSR count). The molecule has 0 unspecified atom stereocenters. The summed E-state index contributed by atoms with van der Waals surface area (Å²) in [6.07, 6.45) is 1.71. The number of halogens is 1. The van der Waals surface area contributed by atoms with Crippen LogP contribution < -0.4 is 4.90 Å². The Morgan fingerprint density at radius 1 is 1.10 bits per heavy atom. The molecule has 0 saturated heterocycles. The molecule has 0 atom stereocenters. The fraction of sp³-hybridized carbons (Fsp3) is 0.417. The SMILES string of the molecule is CCN(CC)c1nc(Cl)nc(Sc2nccc(C)n2)n1. The maximum absolute atomic E-state index is 5.96. The van der Waals surface area contributed by atoms with Crippen molar-refractivity contribution in [1.82, 2.24) is 24.9 Å². The van der Waals surface area contributed by atoms with Crippen molar-refractivity contribution < 1.29 is 0 Å². The molecule has 0 aromatic carbocycles. The van der Waals surface area contributed by atoms with Crippen LogP contribution in [0.2, 0.25) is 5.28 Å². The Hall–Kier alpha value is -1.47. The van der Waals surface area contributed by atoms with Crippen LogP contribution in [0.3, 0.4) is 0 Å². The van der Waals surface area contributed by atoms with E-state index < -0.39 is 0 Å². The minimum absolute atomic E-state index is 0.178. The van der Waals surface area contributed by atoms with E-state index in [1.54, 1.807) is 6.20 Å². The molecule has 0 bridgehead atoms. The third-order valence-corrected chi connectivity index (χ3v) is 3.49. The molecule has 0 spiro atoms. The summed E-state index contributed by atoms with van der Waals surface area (Å²) in [7, 11) is 0. The van der Waals surface area contributed by atoms with Crippen molar-refractivity contribution in [3.05, 3.63) is 23.2 Å². The van der Waals surface area contributed by atoms with Gasteiger partial charge in [-0.3, -0.25) is 0 Å². The number of aromatic nitrogens is 5. The van der Waals surface area contributed by atoms with Gasteiger partial charge in [-0.25, -0.2) is 9.97 Å². The number of hydrogen-bond donors (Lipinski definition) is 0. The van der Waals surface area contributed by atoms with Crippen LogP contribution in [0, 0.1) is 6.92 Å². The van der Waals surface area contributed by atoms with Crippen LogP contribution in [0.4, 0.5) is 5.95 Å². The Bertz CT molecular complexity index is 590. The summed E-state index contributed by atoms with van der Waals surface area (Å²) in [5.41, 5.74) is 0.895. The summed E-state index contributed by atoms with van der Waals surface area (Å²) in [5, 5.41) is 1.27. The second-order valence-electron chi connectivity index (χ2n) is 3.94. The van der Waals surface area contributed by atoms with Crippen molar-refractivity contribution in [2.24, 2.45) is 0 Å². The number of hydrogen-bond acceptors (Lipinski definition) is 7. The summed E-state index contributed by atoms with van der Waals surface area (Å²) in [4.78, 5) is 23.2. The van der Waals surface area contributed by atoms with Crippen LogP contribution >= 0.6 is 23.4 Å². The van der Waals surface area contributed by atoms with Crippen molar-refractivity contribution in [2.75, 3.05) is 18.0 Å². The Balaban J connectivity index is 2.28. The first-order valence-electron chi connectivity index (χ1n) is 6.26. The molecule has 0 N–H and O–H groups in total. The molecule has 0 aliphatic carbocycles. The zero-order chi connectivity index (χ0) is 14.5. The third-order valence-electron chi connectivity index (χ3n) is 2.58. The van der Waals surface area contributed by atoms with Crippen molar-refractivity contribution in [2.45, 2.75) is 31.1 Å². The highest BCUT2D eigenvalue weighted by molar-refractivity contribution is 7.99. The third kappa shape index (κ3) is 3.77. The summed E-state index contributed by atoms with van der Waals surface area (Å²) < 4.78 is 0. The lowest BCUT2D eigenvalue weighted by Crippen LogP contribution is -2.24. The lowest BCUT2D eigenvalue weighted by molar-refractivity contribution is 0.780. The standard InChI is InChI=1S/C12H15ClN6S/c1-4-19(5-2)10-16-9(13)17-12(18-10)20-11-14-7-6-8(3)15-11/h6-7H,4-5H2,1-3H3. The van der Waals surface area contributed by atoms with Crippen LogP contribution in [-0.2, 0) is 0 Å². The first-order chi connectivity index (χ1) is 9.62. The fourth-order valence-corrected chi connectivity index (χ4v) is 2.50. The molecule has 2 aromatic rings. The molecule has 20 heavy (non-hydrogen) atoms. The molecule has 0 fully saturated rings. The quantitative estimate of drug-likeness (QED) is 0.786. The fourth-order valence-electron chi connectivity index (χ4n) is 1.57. The monoisotopic (exact) mass is 310 g/mol. The Labute approximate surface area is 127 Å². The van der Waals surface area contributed by atoms with Gasteiger partial charge in [-0.05, 0) is 50.2 Å². The molecule has 106 valence electrons. The van der Waals surface area contributed by atoms with Crippen LogP contribution in [0.25, 0.3) is 0 Å². The van der Waals surface area contributed by atoms with E-state index >= 15 is 0 Å². The summed E-state index contributed by atoms with van der Waals surface area (Å²) in [5.74, 6) is 0.574. The number of anilines is 1. The summed E-state index contributed by atoms with van der Waals surface area (Å²) >= 11 is 7.24. The van der Waals surface area contributed by atoms with Crippen molar-refractivity contribution in [3.63, 3.8) is 0 Å². The molecular formula is C12H15ClN6S. The maximum Gasteiger partial charge on any atom is 0.230 e. The maximum atomic E-state index is 5.96. The van der Waals surface area contributed by atoms with E-state index in [1.165, 1.54) is 11.8 Å². The predicted octanol–water partition coefficient (Wildman–Crippen LogP) is 2.62. The zero-order valence-corrected chi connectivity index (χ0v) is 13.1. The highest BCUT2D eigenvalue weighted by Crippen LogP contribution is 2.23. The first kappa shape index (κ1) is 14.9. The summed E-state index contributed by atoms with van der Waals surface area (Å²) in [6.45, 7) is 7.60. The molecule has 0 saturated carbocycles. The molecule has 0 amide bonds. The van der Waals surface area contributed by atoms with Crippen LogP contribution in [-0.4, -0.2) is 38.0 Å². The van der Waals surface area contributed by atoms with E-state index in [0.717, 1.165) is 18.8 Å². The van der Waals surface area contributed by atoms with E-state index in [2.05, 4.69) is 24.9 Å². The number of nitrogens with zero attached hydrogens (tertiary/aromatic N) is 6. The van der Waals surface area contributed by atoms with Gasteiger partial charge in [0.25, 0.3) is 0 Å². The van der Waals surface area contributed by atoms with E-state index in [4.69, 9.17) is 11.6 Å². The Morgan fingerprint density at radius 3 is 2.50 bits per heavy atom. The van der Waals surface area contributed by atoms with Gasteiger partial charge in [-0.15, -0.1) is 0 Å². The molecule has 2 aromatic heterocycles. The van der Waals surface area contributed by atoms with Gasteiger partial charge in [-0.1, -0.05) is 0 Å². The van der Waals surface area contributed by atoms with E-state index in [9.17, 15) is 0 Å². The average molecular weight is 311 g/mol. The minimum atomic E-state index is 0.178. The topological polar surface area (TPSA) is 67.7 Å². The van der Waals surface area contributed by atoms with Crippen LogP contribution in [0.15, 0.2) is 22.6 Å². The highest BCUT2D eigenvalue weighted by atomic mass is 35.5.